The van der Waals surface area contributed by atoms with E-state index in [1.165, 1.54) is 11.3 Å². The lowest BCUT2D eigenvalue weighted by molar-refractivity contribution is 0.375. The van der Waals surface area contributed by atoms with E-state index in [1.54, 1.807) is 10.4 Å². The molecule has 1 saturated heterocycles. The molecule has 1 aromatic heterocycles. The third kappa shape index (κ3) is 2.59. The van der Waals surface area contributed by atoms with E-state index in [-0.39, 0.29) is 5.41 Å². The molecule has 0 bridgehead atoms. The molecule has 0 spiro atoms. The van der Waals surface area contributed by atoms with Crippen LogP contribution in [0, 0.1) is 12.3 Å². The quantitative estimate of drug-likeness (QED) is 0.830. The molecule has 1 aliphatic heterocycles. The maximum Gasteiger partial charge on any atom is 0.244 e. The smallest absolute Gasteiger partial charge is 0.207 e. The Kier molecular flexibility index (Phi) is 3.44. The summed E-state index contributed by atoms with van der Waals surface area (Å²) in [7, 11) is -3.31. The Hall–Kier alpha value is 0.0900. The third-order valence-corrected chi connectivity index (χ3v) is 6.76. The van der Waals surface area contributed by atoms with Crippen LogP contribution in [0.3, 0.4) is 0 Å². The summed E-state index contributed by atoms with van der Waals surface area (Å²) >= 11 is 4.81. The van der Waals surface area contributed by atoms with Gasteiger partial charge in [0.05, 0.1) is 8.68 Å². The molecule has 6 heteroatoms. The van der Waals surface area contributed by atoms with Crippen LogP contribution in [0.15, 0.2) is 14.7 Å². The van der Waals surface area contributed by atoms with Gasteiger partial charge in [0.1, 0.15) is 0 Å². The minimum atomic E-state index is -3.31. The van der Waals surface area contributed by atoms with Gasteiger partial charge in [-0.05, 0) is 40.8 Å². The van der Waals surface area contributed by atoms with Crippen molar-refractivity contribution in [1.82, 2.24) is 4.31 Å². The van der Waals surface area contributed by atoms with E-state index in [0.717, 1.165) is 15.1 Å². The topological polar surface area (TPSA) is 37.4 Å². The van der Waals surface area contributed by atoms with Crippen LogP contribution in [-0.2, 0) is 10.0 Å². The Labute approximate surface area is 115 Å². The first-order valence-corrected chi connectivity index (χ1v) is 8.53. The lowest BCUT2D eigenvalue weighted by atomic mass is 9.93. The highest BCUT2D eigenvalue weighted by molar-refractivity contribution is 9.11. The molecule has 3 nitrogen and oxygen atoms in total. The number of hydrogen-bond donors (Lipinski definition) is 0. The summed E-state index contributed by atoms with van der Waals surface area (Å²) in [6.07, 6.45) is 0.927. The van der Waals surface area contributed by atoms with Crippen molar-refractivity contribution >= 4 is 37.3 Å². The number of hydrogen-bond acceptors (Lipinski definition) is 3. The first-order valence-electron chi connectivity index (χ1n) is 5.48. The maximum atomic E-state index is 12.5. The Morgan fingerprint density at radius 3 is 2.53 bits per heavy atom. The van der Waals surface area contributed by atoms with Gasteiger partial charge in [-0.2, -0.15) is 4.31 Å². The van der Waals surface area contributed by atoms with E-state index < -0.39 is 10.0 Å². The van der Waals surface area contributed by atoms with Gasteiger partial charge < -0.3 is 0 Å². The molecule has 0 radical (unpaired) electrons. The molecular formula is C11H16BrNO2S2. The van der Waals surface area contributed by atoms with Gasteiger partial charge >= 0.3 is 0 Å². The number of aryl methyl sites for hydroxylation is 1. The normalized spacial score (nSPS) is 20.9. The van der Waals surface area contributed by atoms with Crippen molar-refractivity contribution in [3.8, 4) is 0 Å². The SMILES string of the molecule is Cc1sc(Br)cc1S(=O)(=O)N1CCC(C)(C)C1. The van der Waals surface area contributed by atoms with Gasteiger partial charge in [-0.25, -0.2) is 8.42 Å². The Morgan fingerprint density at radius 2 is 2.12 bits per heavy atom. The zero-order chi connectivity index (χ0) is 12.8. The van der Waals surface area contributed by atoms with Gasteiger partial charge in [0, 0.05) is 18.0 Å². The molecular weight excluding hydrogens is 322 g/mol. The van der Waals surface area contributed by atoms with Gasteiger partial charge in [0.2, 0.25) is 10.0 Å². The average Bonchev–Trinajstić information content (AvgIpc) is 2.69. The van der Waals surface area contributed by atoms with E-state index in [9.17, 15) is 8.42 Å². The number of nitrogens with zero attached hydrogens (tertiary/aromatic N) is 1. The second kappa shape index (κ2) is 4.33. The van der Waals surface area contributed by atoms with Crippen LogP contribution in [0.2, 0.25) is 0 Å². The summed E-state index contributed by atoms with van der Waals surface area (Å²) in [5.41, 5.74) is 0.0915. The molecule has 0 unspecified atom stereocenters. The standard InChI is InChI=1S/C11H16BrNO2S2/c1-8-9(6-10(12)16-8)17(14,15)13-5-4-11(2,3)7-13/h6H,4-5,7H2,1-3H3. The van der Waals surface area contributed by atoms with Crippen molar-refractivity contribution in [3.63, 3.8) is 0 Å². The molecule has 0 aliphatic carbocycles. The van der Waals surface area contributed by atoms with Crippen molar-refractivity contribution in [3.05, 3.63) is 14.7 Å². The summed E-state index contributed by atoms with van der Waals surface area (Å²) in [4.78, 5) is 1.30. The van der Waals surface area contributed by atoms with Crippen LogP contribution in [0.1, 0.15) is 25.1 Å². The molecule has 2 heterocycles. The van der Waals surface area contributed by atoms with Crippen molar-refractivity contribution < 1.29 is 8.42 Å². The van der Waals surface area contributed by atoms with Crippen LogP contribution in [0.5, 0.6) is 0 Å². The maximum absolute atomic E-state index is 12.5. The van der Waals surface area contributed by atoms with E-state index in [2.05, 4.69) is 29.8 Å². The van der Waals surface area contributed by atoms with Gasteiger partial charge in [-0.15, -0.1) is 11.3 Å². The first-order chi connectivity index (χ1) is 7.72. The number of sulfonamides is 1. The zero-order valence-electron chi connectivity index (χ0n) is 10.2. The highest BCUT2D eigenvalue weighted by atomic mass is 79.9. The van der Waals surface area contributed by atoms with E-state index in [4.69, 9.17) is 0 Å². The van der Waals surface area contributed by atoms with Crippen LogP contribution in [-0.4, -0.2) is 25.8 Å². The van der Waals surface area contributed by atoms with Crippen LogP contribution in [0.25, 0.3) is 0 Å². The van der Waals surface area contributed by atoms with Crippen LogP contribution < -0.4 is 0 Å². The Balaban J connectivity index is 2.35. The van der Waals surface area contributed by atoms with Gasteiger partial charge in [0.15, 0.2) is 0 Å². The average molecular weight is 338 g/mol. The molecule has 0 amide bonds. The third-order valence-electron chi connectivity index (χ3n) is 3.10. The number of thiophene rings is 1. The van der Waals surface area contributed by atoms with E-state index in [1.807, 2.05) is 6.92 Å². The molecule has 0 N–H and O–H groups in total. The fourth-order valence-corrected chi connectivity index (χ4v) is 6.11. The van der Waals surface area contributed by atoms with Crippen molar-refractivity contribution in [2.24, 2.45) is 5.41 Å². The second-order valence-electron chi connectivity index (χ2n) is 5.22. The fourth-order valence-electron chi connectivity index (χ4n) is 2.09. The summed E-state index contributed by atoms with van der Waals surface area (Å²) in [5.74, 6) is 0. The molecule has 1 aliphatic rings. The fraction of sp³-hybridized carbons (Fsp3) is 0.636. The highest BCUT2D eigenvalue weighted by Gasteiger charge is 2.37. The second-order valence-corrected chi connectivity index (χ2v) is 9.77. The summed E-state index contributed by atoms with van der Waals surface area (Å²) in [6.45, 7) is 7.31. The predicted molar refractivity (Wildman–Crippen MR) is 73.9 cm³/mol. The van der Waals surface area contributed by atoms with Crippen molar-refractivity contribution in [1.29, 1.82) is 0 Å². The van der Waals surface area contributed by atoms with Gasteiger partial charge in [-0.1, -0.05) is 13.8 Å². The molecule has 17 heavy (non-hydrogen) atoms. The minimum absolute atomic E-state index is 0.0915. The van der Waals surface area contributed by atoms with Gasteiger partial charge in [-0.3, -0.25) is 0 Å². The lowest BCUT2D eigenvalue weighted by Crippen LogP contribution is -2.30. The monoisotopic (exact) mass is 337 g/mol. The number of rotatable bonds is 2. The predicted octanol–water partition coefficient (Wildman–Crippen LogP) is 3.24. The summed E-state index contributed by atoms with van der Waals surface area (Å²) < 4.78 is 27.4. The van der Waals surface area contributed by atoms with E-state index in [0.29, 0.717) is 18.0 Å². The van der Waals surface area contributed by atoms with Crippen molar-refractivity contribution in [2.45, 2.75) is 32.1 Å². The molecule has 0 aromatic carbocycles. The van der Waals surface area contributed by atoms with Crippen molar-refractivity contribution in [2.75, 3.05) is 13.1 Å². The minimum Gasteiger partial charge on any atom is -0.207 e. The molecule has 1 fully saturated rings. The van der Waals surface area contributed by atoms with Crippen LogP contribution >= 0.6 is 27.3 Å². The number of halogens is 1. The zero-order valence-corrected chi connectivity index (χ0v) is 13.4. The van der Waals surface area contributed by atoms with Crippen LogP contribution in [0.4, 0.5) is 0 Å². The molecule has 2 rings (SSSR count). The highest BCUT2D eigenvalue weighted by Crippen LogP contribution is 2.36. The molecule has 0 atom stereocenters. The molecule has 0 saturated carbocycles. The van der Waals surface area contributed by atoms with Gasteiger partial charge in [0.25, 0.3) is 0 Å². The molecule has 96 valence electrons. The Bertz CT molecular complexity index is 534. The Morgan fingerprint density at radius 1 is 1.47 bits per heavy atom. The summed E-state index contributed by atoms with van der Waals surface area (Å²) in [5, 5.41) is 0. The first kappa shape index (κ1) is 13.5. The molecule has 1 aromatic rings. The lowest BCUT2D eigenvalue weighted by Gasteiger charge is -2.19. The largest absolute Gasteiger partial charge is 0.244 e. The van der Waals surface area contributed by atoms with E-state index >= 15 is 0 Å². The summed E-state index contributed by atoms with van der Waals surface area (Å²) in [6, 6.07) is 1.71.